The number of hydrogen-bond acceptors (Lipinski definition) is 5. The first kappa shape index (κ1) is 22.6. The van der Waals surface area contributed by atoms with Crippen LogP contribution in [-0.2, 0) is 11.4 Å². The van der Waals surface area contributed by atoms with E-state index in [0.29, 0.717) is 24.5 Å². The van der Waals surface area contributed by atoms with Crippen molar-refractivity contribution in [2.45, 2.75) is 43.4 Å². The van der Waals surface area contributed by atoms with Gasteiger partial charge in [0.15, 0.2) is 17.3 Å². The predicted molar refractivity (Wildman–Crippen MR) is 137 cm³/mol. The molecular weight excluding hydrogens is 442 g/mol. The minimum absolute atomic E-state index is 0.0652. The van der Waals surface area contributed by atoms with Crippen LogP contribution in [0.25, 0.3) is 0 Å². The van der Waals surface area contributed by atoms with Crippen LogP contribution < -0.4 is 14.8 Å². The number of ether oxygens (including phenoxy) is 2. The molecule has 0 unspecified atom stereocenters. The number of carbonyl (C=O) groups excluding carboxylic acids is 1. The van der Waals surface area contributed by atoms with Crippen molar-refractivity contribution in [1.29, 1.82) is 0 Å². The molecular formula is C29H29NO3S. The van der Waals surface area contributed by atoms with Gasteiger partial charge in [0.2, 0.25) is 0 Å². The van der Waals surface area contributed by atoms with E-state index in [-0.39, 0.29) is 16.4 Å². The maximum atomic E-state index is 13.4. The number of carbonyl (C=O) groups is 1. The fraction of sp³-hybridized carbons (Fsp3) is 0.276. The summed E-state index contributed by atoms with van der Waals surface area (Å²) in [6.45, 7) is 4.79. The monoisotopic (exact) mass is 471 g/mol. The van der Waals surface area contributed by atoms with Crippen molar-refractivity contribution < 1.29 is 14.3 Å². The Balaban J connectivity index is 1.52. The quantitative estimate of drug-likeness (QED) is 0.427. The van der Waals surface area contributed by atoms with E-state index in [1.165, 1.54) is 0 Å². The molecule has 2 aliphatic rings. The maximum absolute atomic E-state index is 13.4. The third kappa shape index (κ3) is 4.58. The fourth-order valence-corrected chi connectivity index (χ4v) is 6.04. The van der Waals surface area contributed by atoms with E-state index in [1.807, 2.05) is 54.6 Å². The lowest BCUT2D eigenvalue weighted by Gasteiger charge is -2.34. The van der Waals surface area contributed by atoms with E-state index in [9.17, 15) is 4.79 Å². The highest BCUT2D eigenvalue weighted by atomic mass is 32.2. The second-order valence-electron chi connectivity index (χ2n) is 9.64. The third-order valence-electron chi connectivity index (χ3n) is 6.33. The molecule has 34 heavy (non-hydrogen) atoms. The van der Waals surface area contributed by atoms with Gasteiger partial charge in [-0.2, -0.15) is 0 Å². The average Bonchev–Trinajstić information content (AvgIpc) is 2.99. The lowest BCUT2D eigenvalue weighted by molar-refractivity contribution is -0.118. The molecule has 3 aromatic rings. The van der Waals surface area contributed by atoms with Gasteiger partial charge in [0.25, 0.3) is 0 Å². The first-order valence-electron chi connectivity index (χ1n) is 11.6. The zero-order chi connectivity index (χ0) is 23.7. The molecule has 1 atom stereocenters. The molecule has 4 nitrogen and oxygen atoms in total. The first-order chi connectivity index (χ1) is 16.4. The van der Waals surface area contributed by atoms with Crippen LogP contribution in [-0.4, -0.2) is 12.9 Å². The van der Waals surface area contributed by atoms with Crippen LogP contribution in [0.4, 0.5) is 5.69 Å². The SMILES string of the molecule is COc1cc([C@H]2Sc3ccccc3NC3=C2C(=O)CC(C)(C)C3)ccc1OCc1ccccc1. The summed E-state index contributed by atoms with van der Waals surface area (Å²) in [4.78, 5) is 14.6. The van der Waals surface area contributed by atoms with Crippen LogP contribution in [0, 0.1) is 5.41 Å². The molecule has 0 bridgehead atoms. The zero-order valence-corrected chi connectivity index (χ0v) is 20.6. The molecule has 0 amide bonds. The maximum Gasteiger partial charge on any atom is 0.162 e. The molecule has 1 N–H and O–H groups in total. The third-order valence-corrected chi connectivity index (χ3v) is 7.68. The van der Waals surface area contributed by atoms with Crippen molar-refractivity contribution in [1.82, 2.24) is 0 Å². The number of anilines is 1. The van der Waals surface area contributed by atoms with Gasteiger partial charge in [-0.15, -0.1) is 11.8 Å². The molecule has 0 spiro atoms. The van der Waals surface area contributed by atoms with Crippen molar-refractivity contribution >= 4 is 23.2 Å². The molecule has 1 aliphatic carbocycles. The minimum Gasteiger partial charge on any atom is -0.493 e. The van der Waals surface area contributed by atoms with Gasteiger partial charge in [-0.05, 0) is 47.2 Å². The zero-order valence-electron chi connectivity index (χ0n) is 19.8. The number of para-hydroxylation sites is 1. The largest absolute Gasteiger partial charge is 0.493 e. The second kappa shape index (κ2) is 9.22. The highest BCUT2D eigenvalue weighted by molar-refractivity contribution is 8.00. The average molecular weight is 472 g/mol. The predicted octanol–water partition coefficient (Wildman–Crippen LogP) is 7.18. The van der Waals surface area contributed by atoms with Crippen molar-refractivity contribution in [2.75, 3.05) is 12.4 Å². The summed E-state index contributed by atoms with van der Waals surface area (Å²) in [6.07, 6.45) is 1.39. The first-order valence-corrected chi connectivity index (χ1v) is 12.4. The van der Waals surface area contributed by atoms with Crippen LogP contribution >= 0.6 is 11.8 Å². The van der Waals surface area contributed by atoms with Gasteiger partial charge in [0.05, 0.1) is 18.0 Å². The number of rotatable bonds is 5. The second-order valence-corrected chi connectivity index (χ2v) is 10.8. The Kier molecular flexibility index (Phi) is 6.13. The molecule has 3 aromatic carbocycles. The number of ketones is 1. The van der Waals surface area contributed by atoms with Crippen LogP contribution in [0.15, 0.2) is 89.0 Å². The number of allylic oxidation sites excluding steroid dienone is 1. The lowest BCUT2D eigenvalue weighted by atomic mass is 9.74. The number of Topliss-reactive ketones (excluding diaryl/α,β-unsaturated/α-hetero) is 1. The number of hydrogen-bond donors (Lipinski definition) is 1. The minimum atomic E-state index is -0.119. The van der Waals surface area contributed by atoms with Crippen molar-refractivity contribution in [3.8, 4) is 11.5 Å². The van der Waals surface area contributed by atoms with Crippen LogP contribution in [0.2, 0.25) is 0 Å². The topological polar surface area (TPSA) is 47.6 Å². The Labute approximate surface area is 205 Å². The van der Waals surface area contributed by atoms with Crippen molar-refractivity contribution in [3.63, 3.8) is 0 Å². The highest BCUT2D eigenvalue weighted by Crippen LogP contribution is 2.52. The Morgan fingerprint density at radius 1 is 0.971 bits per heavy atom. The summed E-state index contributed by atoms with van der Waals surface area (Å²) >= 11 is 1.72. The standard InChI is InChI=1S/C29H29NO3S/c1-29(2)16-22-27(23(31)17-29)28(34-26-12-8-7-11-21(26)30-22)20-13-14-24(25(15-20)32-3)33-18-19-9-5-4-6-10-19/h4-15,28,30H,16-18H2,1-3H3/t28-/m1/s1. The summed E-state index contributed by atoms with van der Waals surface area (Å²) in [5.41, 5.74) is 5.04. The van der Waals surface area contributed by atoms with Gasteiger partial charge >= 0.3 is 0 Å². The molecule has 1 aliphatic heterocycles. The highest BCUT2D eigenvalue weighted by Gasteiger charge is 2.39. The Morgan fingerprint density at radius 3 is 2.53 bits per heavy atom. The molecule has 1 heterocycles. The van der Waals surface area contributed by atoms with Crippen LogP contribution in [0.1, 0.15) is 43.1 Å². The van der Waals surface area contributed by atoms with E-state index in [4.69, 9.17) is 9.47 Å². The van der Waals surface area contributed by atoms with Crippen LogP contribution in [0.5, 0.6) is 11.5 Å². The summed E-state index contributed by atoms with van der Waals surface area (Å²) in [6, 6.07) is 24.4. The summed E-state index contributed by atoms with van der Waals surface area (Å²) in [7, 11) is 1.66. The van der Waals surface area contributed by atoms with Gasteiger partial charge in [-0.1, -0.05) is 62.4 Å². The smallest absolute Gasteiger partial charge is 0.162 e. The molecule has 0 fully saturated rings. The molecule has 174 valence electrons. The Morgan fingerprint density at radius 2 is 1.74 bits per heavy atom. The van der Waals surface area contributed by atoms with Crippen molar-refractivity contribution in [3.05, 3.63) is 95.2 Å². The number of thioether (sulfide) groups is 1. The number of fused-ring (bicyclic) bond motifs is 1. The normalized spacial score (nSPS) is 18.9. The molecule has 0 aromatic heterocycles. The molecule has 0 saturated heterocycles. The van der Waals surface area contributed by atoms with Crippen molar-refractivity contribution in [2.24, 2.45) is 5.41 Å². The molecule has 0 radical (unpaired) electrons. The van der Waals surface area contributed by atoms with Gasteiger partial charge < -0.3 is 14.8 Å². The Hall–Kier alpha value is -3.18. The molecule has 5 heteroatoms. The summed E-state index contributed by atoms with van der Waals surface area (Å²) in [5.74, 6) is 1.58. The number of benzene rings is 3. The Bertz CT molecular complexity index is 1250. The molecule has 0 saturated carbocycles. The van der Waals surface area contributed by atoms with Gasteiger partial charge in [0.1, 0.15) is 6.61 Å². The fourth-order valence-electron chi connectivity index (χ4n) is 4.71. The van der Waals surface area contributed by atoms with Gasteiger partial charge in [0, 0.05) is 22.6 Å². The number of methoxy groups -OCH3 is 1. The van der Waals surface area contributed by atoms with E-state index >= 15 is 0 Å². The summed E-state index contributed by atoms with van der Waals surface area (Å²) < 4.78 is 11.8. The lowest BCUT2D eigenvalue weighted by Crippen LogP contribution is -2.29. The van der Waals surface area contributed by atoms with Gasteiger partial charge in [-0.25, -0.2) is 0 Å². The van der Waals surface area contributed by atoms with Crippen LogP contribution in [0.3, 0.4) is 0 Å². The van der Waals surface area contributed by atoms with E-state index in [2.05, 4.69) is 37.4 Å². The molecule has 5 rings (SSSR count). The summed E-state index contributed by atoms with van der Waals surface area (Å²) in [5, 5.41) is 3.49. The van der Waals surface area contributed by atoms with E-state index < -0.39 is 0 Å². The number of nitrogens with one attached hydrogen (secondary N) is 1. The van der Waals surface area contributed by atoms with E-state index in [1.54, 1.807) is 18.9 Å². The van der Waals surface area contributed by atoms with Gasteiger partial charge in [-0.3, -0.25) is 4.79 Å². The van der Waals surface area contributed by atoms with E-state index in [0.717, 1.165) is 39.4 Å².